The van der Waals surface area contributed by atoms with E-state index in [9.17, 15) is 0 Å². The van der Waals surface area contributed by atoms with Gasteiger partial charge in [-0.2, -0.15) is 0 Å². The van der Waals surface area contributed by atoms with E-state index in [0.29, 0.717) is 0 Å². The van der Waals surface area contributed by atoms with Crippen molar-refractivity contribution >= 4 is 125 Å². The quantitative estimate of drug-likeness (QED) is 0.121. The zero-order valence-corrected chi connectivity index (χ0v) is 42.7. The Balaban J connectivity index is 1.07. The molecule has 0 unspecified atom stereocenters. The third kappa shape index (κ3) is 6.81. The number of para-hydroxylation sites is 4. The fourth-order valence-corrected chi connectivity index (χ4v) is 13.8. The van der Waals surface area contributed by atoms with E-state index in [2.05, 4.69) is 282 Å². The Hall–Kier alpha value is -7.44. The lowest BCUT2D eigenvalue weighted by Gasteiger charge is -2.46. The highest BCUT2D eigenvalue weighted by atomic mass is 79.9. The molecule has 0 amide bonds. The van der Waals surface area contributed by atoms with E-state index in [1.54, 1.807) is 0 Å². The molecule has 0 bridgehead atoms. The van der Waals surface area contributed by atoms with Gasteiger partial charge < -0.3 is 14.7 Å². The van der Waals surface area contributed by atoms with Gasteiger partial charge in [-0.05, 0) is 140 Å². The molecule has 0 saturated carbocycles. The van der Waals surface area contributed by atoms with Crippen LogP contribution < -0.4 is 47.5 Å². The maximum absolute atomic E-state index is 4.00. The SMILES string of the molecule is CC(C)(C)c1cc2c3c(c1)N(c1ccccc1)c1cc4c(cc1B3c1ccccc1N2c1ccccc1)B1c2cc(Br)ccc2N(c2ccccc2)c2cc(C(c3ccccc3)c3ccccc3)cc(c21)S4. The summed E-state index contributed by atoms with van der Waals surface area (Å²) in [5.74, 6) is 0.0278. The number of anilines is 9. The highest BCUT2D eigenvalue weighted by Crippen LogP contribution is 2.49. The molecule has 0 aromatic heterocycles. The second kappa shape index (κ2) is 16.8. The van der Waals surface area contributed by atoms with Crippen LogP contribution in [0.15, 0.2) is 245 Å². The van der Waals surface area contributed by atoms with Gasteiger partial charge in [0.2, 0.25) is 6.71 Å². The van der Waals surface area contributed by atoms with Gasteiger partial charge in [0.1, 0.15) is 0 Å². The van der Waals surface area contributed by atoms with Crippen LogP contribution in [0.1, 0.15) is 48.9 Å². The van der Waals surface area contributed by atoms with Crippen molar-refractivity contribution in [3.63, 3.8) is 0 Å². The van der Waals surface area contributed by atoms with Gasteiger partial charge in [-0.15, -0.1) is 0 Å². The number of rotatable bonds is 6. The van der Waals surface area contributed by atoms with E-state index in [-0.39, 0.29) is 24.8 Å². The summed E-state index contributed by atoms with van der Waals surface area (Å²) in [7, 11) is 0. The van der Waals surface area contributed by atoms with Crippen LogP contribution in [0.4, 0.5) is 51.2 Å². The first kappa shape index (κ1) is 43.4. The average Bonchev–Trinajstić information content (AvgIpc) is 3.41. The van der Waals surface area contributed by atoms with E-state index < -0.39 is 0 Å². The lowest BCUT2D eigenvalue weighted by Crippen LogP contribution is -2.64. The summed E-state index contributed by atoms with van der Waals surface area (Å²) in [4.78, 5) is 10.2. The van der Waals surface area contributed by atoms with Crippen LogP contribution in [-0.4, -0.2) is 13.4 Å². The largest absolute Gasteiger partial charge is 0.311 e. The molecule has 72 heavy (non-hydrogen) atoms. The Labute approximate surface area is 436 Å². The minimum absolute atomic E-state index is 0.0161. The fraction of sp³-hybridized carbons (Fsp3) is 0.0769. The molecule has 4 aliphatic rings. The van der Waals surface area contributed by atoms with Crippen molar-refractivity contribution in [1.82, 2.24) is 0 Å². The van der Waals surface area contributed by atoms with Gasteiger partial charge in [-0.1, -0.05) is 200 Å². The highest BCUT2D eigenvalue weighted by Gasteiger charge is 2.47. The predicted octanol–water partition coefficient (Wildman–Crippen LogP) is 13.8. The molecule has 7 heteroatoms. The molecule has 0 spiro atoms. The fourth-order valence-electron chi connectivity index (χ4n) is 12.2. The molecule has 10 aromatic carbocycles. The smallest absolute Gasteiger partial charge is 0.252 e. The monoisotopic (exact) mass is 1000 g/mol. The van der Waals surface area contributed by atoms with Crippen molar-refractivity contribution in [3.8, 4) is 0 Å². The second-order valence-electron chi connectivity index (χ2n) is 20.6. The van der Waals surface area contributed by atoms with Gasteiger partial charge in [-0.3, -0.25) is 0 Å². The minimum atomic E-state index is -0.110. The molecule has 4 heterocycles. The van der Waals surface area contributed by atoms with Gasteiger partial charge in [0, 0.05) is 71.4 Å². The third-order valence-electron chi connectivity index (χ3n) is 15.4. The molecule has 0 aliphatic carbocycles. The van der Waals surface area contributed by atoms with E-state index in [1.165, 1.54) is 98.9 Å². The first-order valence-corrected chi connectivity index (χ1v) is 26.7. The van der Waals surface area contributed by atoms with Crippen LogP contribution >= 0.6 is 27.7 Å². The summed E-state index contributed by atoms with van der Waals surface area (Å²) in [5, 5.41) is 0. The van der Waals surface area contributed by atoms with E-state index in [0.717, 1.165) is 21.5 Å². The number of nitrogens with zero attached hydrogens (tertiary/aromatic N) is 3. The van der Waals surface area contributed by atoms with Crippen molar-refractivity contribution in [2.24, 2.45) is 0 Å². The first-order chi connectivity index (χ1) is 35.3. The van der Waals surface area contributed by atoms with Crippen LogP contribution in [0.2, 0.25) is 0 Å². The average molecular weight is 1000 g/mol. The molecule has 0 N–H and O–H groups in total. The van der Waals surface area contributed by atoms with Crippen LogP contribution in [0, 0.1) is 0 Å². The summed E-state index contributed by atoms with van der Waals surface area (Å²) in [5.41, 5.74) is 23.8. The molecule has 14 rings (SSSR count). The Morgan fingerprint density at radius 3 is 1.42 bits per heavy atom. The topological polar surface area (TPSA) is 9.72 Å². The van der Waals surface area contributed by atoms with Gasteiger partial charge in [0.15, 0.2) is 0 Å². The van der Waals surface area contributed by atoms with Crippen molar-refractivity contribution in [3.05, 3.63) is 257 Å². The lowest BCUT2D eigenvalue weighted by atomic mass is 9.31. The highest BCUT2D eigenvalue weighted by molar-refractivity contribution is 9.10. The van der Waals surface area contributed by atoms with Crippen LogP contribution in [0.25, 0.3) is 0 Å². The van der Waals surface area contributed by atoms with E-state index in [4.69, 9.17) is 0 Å². The van der Waals surface area contributed by atoms with Crippen LogP contribution in [0.3, 0.4) is 0 Å². The molecule has 0 saturated heterocycles. The number of halogens is 1. The zero-order chi connectivity index (χ0) is 48.2. The molecule has 0 radical (unpaired) electrons. The van der Waals surface area contributed by atoms with Crippen molar-refractivity contribution in [2.45, 2.75) is 41.9 Å². The zero-order valence-electron chi connectivity index (χ0n) is 40.3. The van der Waals surface area contributed by atoms with Gasteiger partial charge in [-0.25, -0.2) is 0 Å². The minimum Gasteiger partial charge on any atom is -0.311 e. The summed E-state index contributed by atoms with van der Waals surface area (Å²) >= 11 is 5.94. The van der Waals surface area contributed by atoms with Gasteiger partial charge >= 0.3 is 0 Å². The Morgan fingerprint density at radius 2 is 0.847 bits per heavy atom. The Kier molecular flexibility index (Phi) is 10.1. The normalized spacial score (nSPS) is 13.8. The second-order valence-corrected chi connectivity index (χ2v) is 22.6. The summed E-state index contributed by atoms with van der Waals surface area (Å²) < 4.78 is 1.08. The Morgan fingerprint density at radius 1 is 0.375 bits per heavy atom. The lowest BCUT2D eigenvalue weighted by molar-refractivity contribution is 0.590. The Bertz CT molecular complexity index is 3720. The molecule has 0 atom stereocenters. The number of benzene rings is 10. The first-order valence-electron chi connectivity index (χ1n) is 25.0. The standard InChI is InChI=1S/C65H48B2BrN3S/c1-65(2,3)45-37-58-63-59(38-45)71(49-29-17-8-18-30-49)56-41-60-53(40-52(56)66(63)50-31-19-20-32-54(50)69(58)47-25-13-6-14-26-47)67-51-39-46(68)33-34-55(51)70(48-27-15-7-16-28-48)57-35-44(36-61(72-60)64(57)67)62(42-21-9-4-10-22-42)43-23-11-5-12-24-43/h4-41,62H,1-3H3. The number of fused-ring (bicyclic) bond motifs is 8. The maximum Gasteiger partial charge on any atom is 0.252 e. The van der Waals surface area contributed by atoms with Gasteiger partial charge in [0.25, 0.3) is 6.71 Å². The molecular weight excluding hydrogens is 956 g/mol. The molecular formula is C65H48B2BrN3S. The maximum atomic E-state index is 4.00. The summed E-state index contributed by atoms with van der Waals surface area (Å²) in [6, 6.07) is 86.4. The van der Waals surface area contributed by atoms with E-state index in [1.807, 2.05) is 11.8 Å². The molecule has 4 aliphatic heterocycles. The third-order valence-corrected chi connectivity index (χ3v) is 17.0. The van der Waals surface area contributed by atoms with Gasteiger partial charge in [0.05, 0.1) is 0 Å². The number of hydrogen-bond donors (Lipinski definition) is 0. The van der Waals surface area contributed by atoms with Crippen LogP contribution in [-0.2, 0) is 5.41 Å². The number of hydrogen-bond acceptors (Lipinski definition) is 4. The van der Waals surface area contributed by atoms with E-state index >= 15 is 0 Å². The molecule has 342 valence electrons. The molecule has 10 aromatic rings. The summed E-state index contributed by atoms with van der Waals surface area (Å²) in [6.45, 7) is 6.99. The molecule has 3 nitrogen and oxygen atoms in total. The van der Waals surface area contributed by atoms with Crippen molar-refractivity contribution in [1.29, 1.82) is 0 Å². The van der Waals surface area contributed by atoms with Crippen molar-refractivity contribution < 1.29 is 0 Å². The van der Waals surface area contributed by atoms with Crippen molar-refractivity contribution in [2.75, 3.05) is 14.7 Å². The molecule has 0 fully saturated rings. The predicted molar refractivity (Wildman–Crippen MR) is 311 cm³/mol. The van der Waals surface area contributed by atoms with Crippen LogP contribution in [0.5, 0.6) is 0 Å². The summed E-state index contributed by atoms with van der Waals surface area (Å²) in [6.07, 6.45) is 0.